The molecule has 0 radical (unpaired) electrons. The lowest BCUT2D eigenvalue weighted by atomic mass is 10.1. The van der Waals surface area contributed by atoms with E-state index in [1.807, 2.05) is 0 Å². The van der Waals surface area contributed by atoms with Crippen LogP contribution >= 0.6 is 0 Å². The summed E-state index contributed by atoms with van der Waals surface area (Å²) in [5.41, 5.74) is 2.88. The second kappa shape index (κ2) is 10.5. The van der Waals surface area contributed by atoms with Gasteiger partial charge in [0, 0.05) is 31.4 Å². The number of benzene rings is 2. The van der Waals surface area contributed by atoms with Crippen molar-refractivity contribution in [3.05, 3.63) is 48.0 Å². The molecule has 3 rings (SSSR count). The van der Waals surface area contributed by atoms with Gasteiger partial charge in [0.05, 0.1) is 19.9 Å². The van der Waals surface area contributed by atoms with Crippen LogP contribution in [-0.4, -0.2) is 45.7 Å². The highest BCUT2D eigenvalue weighted by Gasteiger charge is 2.16. The van der Waals surface area contributed by atoms with Crippen LogP contribution < -0.4 is 25.0 Å². The molecule has 2 amide bonds. The lowest BCUT2D eigenvalue weighted by Crippen LogP contribution is -2.36. The summed E-state index contributed by atoms with van der Waals surface area (Å²) in [6.45, 7) is 2.69. The van der Waals surface area contributed by atoms with Crippen LogP contribution in [0.1, 0.15) is 24.8 Å². The number of carbonyl (C=O) groups is 2. The maximum Gasteiger partial charge on any atom is 0.313 e. The number of rotatable bonds is 8. The molecule has 160 valence electrons. The molecule has 1 aliphatic heterocycles. The maximum atomic E-state index is 12.2. The Bertz CT molecular complexity index is 861. The molecule has 1 heterocycles. The summed E-state index contributed by atoms with van der Waals surface area (Å²) in [4.78, 5) is 26.7. The minimum absolute atomic E-state index is 0.384. The molecular formula is C23H29N3O4. The standard InChI is InChI=1S/C23H29N3O4/c1-29-19-11-12-21(30-2)20(16-19)25-23(28)22(27)24-13-5-6-17-7-9-18(10-8-17)26-14-3-4-15-26/h7-12,16H,3-6,13-15H2,1-2H3,(H,24,27)(H,25,28). The van der Waals surface area contributed by atoms with Crippen molar-refractivity contribution in [3.63, 3.8) is 0 Å². The van der Waals surface area contributed by atoms with Crippen molar-refractivity contribution < 1.29 is 19.1 Å². The Hall–Kier alpha value is -3.22. The molecule has 1 aliphatic rings. The zero-order chi connectivity index (χ0) is 21.3. The molecule has 0 saturated carbocycles. The first-order valence-electron chi connectivity index (χ1n) is 10.3. The Balaban J connectivity index is 1.42. The molecule has 2 N–H and O–H groups in total. The largest absolute Gasteiger partial charge is 0.497 e. The Labute approximate surface area is 177 Å². The lowest BCUT2D eigenvalue weighted by Gasteiger charge is -2.17. The number of carbonyl (C=O) groups excluding carboxylic acids is 2. The molecule has 2 aromatic carbocycles. The molecule has 1 fully saturated rings. The van der Waals surface area contributed by atoms with Crippen LogP contribution in [0.2, 0.25) is 0 Å². The quantitative estimate of drug-likeness (QED) is 0.516. The second-order valence-corrected chi connectivity index (χ2v) is 7.24. The van der Waals surface area contributed by atoms with E-state index in [1.165, 1.54) is 38.3 Å². The second-order valence-electron chi connectivity index (χ2n) is 7.24. The molecule has 0 spiro atoms. The topological polar surface area (TPSA) is 79.9 Å². The summed E-state index contributed by atoms with van der Waals surface area (Å²) in [6.07, 6.45) is 4.12. The predicted molar refractivity (Wildman–Crippen MR) is 117 cm³/mol. The number of amides is 2. The predicted octanol–water partition coefficient (Wildman–Crippen LogP) is 2.99. The first kappa shape index (κ1) is 21.5. The highest BCUT2D eigenvalue weighted by atomic mass is 16.5. The summed E-state index contributed by atoms with van der Waals surface area (Å²) < 4.78 is 10.4. The first-order chi connectivity index (χ1) is 14.6. The van der Waals surface area contributed by atoms with E-state index >= 15 is 0 Å². The van der Waals surface area contributed by atoms with Crippen molar-refractivity contribution in [1.29, 1.82) is 0 Å². The van der Waals surface area contributed by atoms with Gasteiger partial charge in [0.1, 0.15) is 11.5 Å². The van der Waals surface area contributed by atoms with Gasteiger partial charge in [-0.05, 0) is 55.5 Å². The van der Waals surface area contributed by atoms with Crippen molar-refractivity contribution in [3.8, 4) is 11.5 Å². The number of hydrogen-bond acceptors (Lipinski definition) is 5. The summed E-state index contributed by atoms with van der Waals surface area (Å²) >= 11 is 0. The summed E-state index contributed by atoms with van der Waals surface area (Å²) in [5, 5.41) is 5.23. The van der Waals surface area contributed by atoms with E-state index in [0.29, 0.717) is 23.7 Å². The van der Waals surface area contributed by atoms with Crippen molar-refractivity contribution >= 4 is 23.2 Å². The summed E-state index contributed by atoms with van der Waals surface area (Å²) in [5.74, 6) is -0.405. The number of ether oxygens (including phenoxy) is 2. The molecular weight excluding hydrogens is 382 g/mol. The molecule has 0 bridgehead atoms. The average molecular weight is 412 g/mol. The Kier molecular flexibility index (Phi) is 7.54. The number of aryl methyl sites for hydroxylation is 1. The van der Waals surface area contributed by atoms with Crippen LogP contribution in [0.25, 0.3) is 0 Å². The van der Waals surface area contributed by atoms with Gasteiger partial charge in [-0.25, -0.2) is 0 Å². The first-order valence-corrected chi connectivity index (χ1v) is 10.3. The number of nitrogens with one attached hydrogen (secondary N) is 2. The van der Waals surface area contributed by atoms with Crippen molar-refractivity contribution in [2.75, 3.05) is 44.1 Å². The molecule has 1 saturated heterocycles. The van der Waals surface area contributed by atoms with Gasteiger partial charge in [-0.15, -0.1) is 0 Å². The number of anilines is 2. The fourth-order valence-corrected chi connectivity index (χ4v) is 3.51. The average Bonchev–Trinajstić information content (AvgIpc) is 3.31. The van der Waals surface area contributed by atoms with Crippen LogP contribution in [0.4, 0.5) is 11.4 Å². The van der Waals surface area contributed by atoms with E-state index in [0.717, 1.165) is 25.9 Å². The minimum atomic E-state index is -0.739. The fraction of sp³-hybridized carbons (Fsp3) is 0.391. The number of methoxy groups -OCH3 is 2. The molecule has 7 nitrogen and oxygen atoms in total. The van der Waals surface area contributed by atoms with Gasteiger partial charge >= 0.3 is 11.8 Å². The monoisotopic (exact) mass is 411 g/mol. The van der Waals surface area contributed by atoms with Crippen LogP contribution in [-0.2, 0) is 16.0 Å². The smallest absolute Gasteiger partial charge is 0.313 e. The van der Waals surface area contributed by atoms with E-state index in [4.69, 9.17) is 9.47 Å². The third-order valence-corrected chi connectivity index (χ3v) is 5.20. The van der Waals surface area contributed by atoms with Gasteiger partial charge in [-0.3, -0.25) is 9.59 Å². The van der Waals surface area contributed by atoms with Gasteiger partial charge in [-0.2, -0.15) is 0 Å². The molecule has 30 heavy (non-hydrogen) atoms. The van der Waals surface area contributed by atoms with Crippen LogP contribution in [0.5, 0.6) is 11.5 Å². The Morgan fingerprint density at radius 1 is 0.967 bits per heavy atom. The maximum absolute atomic E-state index is 12.2. The normalized spacial score (nSPS) is 13.1. The van der Waals surface area contributed by atoms with E-state index in [1.54, 1.807) is 18.2 Å². The summed E-state index contributed by atoms with van der Waals surface area (Å²) in [6, 6.07) is 13.6. The molecule has 0 unspecified atom stereocenters. The van der Waals surface area contributed by atoms with E-state index in [2.05, 4.69) is 39.8 Å². The zero-order valence-electron chi connectivity index (χ0n) is 17.6. The molecule has 0 aliphatic carbocycles. The highest BCUT2D eigenvalue weighted by molar-refractivity contribution is 6.39. The van der Waals surface area contributed by atoms with Crippen LogP contribution in [0, 0.1) is 0 Å². The molecule has 0 atom stereocenters. The van der Waals surface area contributed by atoms with Gasteiger partial charge in [0.25, 0.3) is 0 Å². The van der Waals surface area contributed by atoms with Gasteiger partial charge in [-0.1, -0.05) is 12.1 Å². The van der Waals surface area contributed by atoms with Crippen molar-refractivity contribution in [2.45, 2.75) is 25.7 Å². The highest BCUT2D eigenvalue weighted by Crippen LogP contribution is 2.28. The molecule has 0 aromatic heterocycles. The van der Waals surface area contributed by atoms with Crippen molar-refractivity contribution in [2.24, 2.45) is 0 Å². The molecule has 2 aromatic rings. The minimum Gasteiger partial charge on any atom is -0.497 e. The fourth-order valence-electron chi connectivity index (χ4n) is 3.51. The van der Waals surface area contributed by atoms with Crippen LogP contribution in [0.3, 0.4) is 0 Å². The van der Waals surface area contributed by atoms with E-state index in [-0.39, 0.29) is 0 Å². The van der Waals surface area contributed by atoms with E-state index in [9.17, 15) is 9.59 Å². The van der Waals surface area contributed by atoms with Gasteiger partial charge in [0.2, 0.25) is 0 Å². The third-order valence-electron chi connectivity index (χ3n) is 5.20. The SMILES string of the molecule is COc1ccc(OC)c(NC(=O)C(=O)NCCCc2ccc(N3CCCC3)cc2)c1. The lowest BCUT2D eigenvalue weighted by molar-refractivity contribution is -0.136. The number of hydrogen-bond donors (Lipinski definition) is 2. The zero-order valence-corrected chi connectivity index (χ0v) is 17.6. The molecule has 7 heteroatoms. The summed E-state index contributed by atoms with van der Waals surface area (Å²) in [7, 11) is 3.02. The van der Waals surface area contributed by atoms with Gasteiger partial charge < -0.3 is 25.0 Å². The van der Waals surface area contributed by atoms with Crippen LogP contribution in [0.15, 0.2) is 42.5 Å². The van der Waals surface area contributed by atoms with E-state index < -0.39 is 11.8 Å². The van der Waals surface area contributed by atoms with Gasteiger partial charge in [0.15, 0.2) is 0 Å². The Morgan fingerprint density at radius 2 is 1.70 bits per heavy atom. The number of nitrogens with zero attached hydrogens (tertiary/aromatic N) is 1. The van der Waals surface area contributed by atoms with Crippen molar-refractivity contribution in [1.82, 2.24) is 5.32 Å². The third kappa shape index (κ3) is 5.65. The Morgan fingerprint density at radius 3 is 2.37 bits per heavy atom.